The Bertz CT molecular complexity index is 1070. The van der Waals surface area contributed by atoms with Crippen molar-refractivity contribution in [3.05, 3.63) is 74.6 Å². The number of thiophene rings is 1. The van der Waals surface area contributed by atoms with Crippen molar-refractivity contribution in [2.24, 2.45) is 0 Å². The number of fused-ring (bicyclic) bond motifs is 2. The Labute approximate surface area is 156 Å². The van der Waals surface area contributed by atoms with Crippen LogP contribution >= 0.6 is 11.3 Å². The second kappa shape index (κ2) is 5.65. The van der Waals surface area contributed by atoms with Crippen LogP contribution in [0.2, 0.25) is 13.1 Å². The largest absolute Gasteiger partial charge is 0.478 e. The molecule has 4 nitrogen and oxygen atoms in total. The molecule has 0 bridgehead atoms. The van der Waals surface area contributed by atoms with Gasteiger partial charge in [-0.1, -0.05) is 19.2 Å². The Morgan fingerprint density at radius 1 is 1.19 bits per heavy atom. The quantitative estimate of drug-likeness (QED) is 0.551. The molecular formula is C20H19N2O2SSi+. The average molecular weight is 380 g/mol. The summed E-state index contributed by atoms with van der Waals surface area (Å²) in [5, 5.41) is 21.8. The maximum absolute atomic E-state index is 11.7. The van der Waals surface area contributed by atoms with Crippen LogP contribution < -0.4 is 16.3 Å². The monoisotopic (exact) mass is 379 g/mol. The van der Waals surface area contributed by atoms with E-state index in [1.165, 1.54) is 21.7 Å². The number of benzene rings is 1. The average Bonchev–Trinajstić information content (AvgIpc) is 3.06. The van der Waals surface area contributed by atoms with Crippen LogP contribution in [0.4, 0.5) is 5.69 Å². The van der Waals surface area contributed by atoms with Gasteiger partial charge in [-0.25, -0.2) is 4.79 Å². The van der Waals surface area contributed by atoms with Gasteiger partial charge in [0.1, 0.15) is 8.07 Å². The van der Waals surface area contributed by atoms with Gasteiger partial charge in [-0.3, -0.25) is 5.41 Å². The van der Waals surface area contributed by atoms with E-state index in [-0.39, 0.29) is 0 Å². The number of rotatable bonds is 2. The predicted molar refractivity (Wildman–Crippen MR) is 109 cm³/mol. The van der Waals surface area contributed by atoms with Gasteiger partial charge in [-0.15, -0.1) is 0 Å². The minimum atomic E-state index is -2.02. The number of carboxylic acid groups (broad SMARTS) is 1. The normalized spacial score (nSPS) is 17.6. The number of carbonyl (C=O) groups is 1. The van der Waals surface area contributed by atoms with Crippen LogP contribution in [0.15, 0.2) is 58.0 Å². The van der Waals surface area contributed by atoms with Crippen LogP contribution in [0, 0.1) is 0 Å². The molecule has 0 atom stereocenters. The van der Waals surface area contributed by atoms with Gasteiger partial charge in [0, 0.05) is 28.8 Å². The number of aromatic carboxylic acids is 1. The smallest absolute Gasteiger partial charge is 0.337 e. The Kier molecular flexibility index (Phi) is 3.64. The maximum Gasteiger partial charge on any atom is 0.337 e. The number of anilines is 1. The molecule has 1 aliphatic carbocycles. The van der Waals surface area contributed by atoms with Gasteiger partial charge >= 0.3 is 5.97 Å². The fourth-order valence-electron chi connectivity index (χ4n) is 3.83. The van der Waals surface area contributed by atoms with Crippen LogP contribution in [-0.4, -0.2) is 24.9 Å². The Balaban J connectivity index is 2.13. The lowest BCUT2D eigenvalue weighted by atomic mass is 9.89. The highest BCUT2D eigenvalue weighted by atomic mass is 32.1. The molecule has 0 unspecified atom stereocenters. The molecule has 5 N–H and O–H groups in total. The van der Waals surface area contributed by atoms with Gasteiger partial charge in [0.05, 0.1) is 5.56 Å². The van der Waals surface area contributed by atoms with Crippen LogP contribution in [0.3, 0.4) is 0 Å². The summed E-state index contributed by atoms with van der Waals surface area (Å²) in [5.74, 6) is -0.912. The van der Waals surface area contributed by atoms with E-state index < -0.39 is 14.0 Å². The second-order valence-electron chi connectivity index (χ2n) is 7.11. The molecule has 2 aromatic rings. The predicted octanol–water partition coefficient (Wildman–Crippen LogP) is 1.99. The fraction of sp³-hybridized carbons (Fsp3) is 0.100. The topological polar surface area (TPSA) is 88.9 Å². The molecule has 0 fully saturated rings. The first kappa shape index (κ1) is 16.7. The lowest BCUT2D eigenvalue weighted by molar-refractivity contribution is -0.110. The third kappa shape index (κ3) is 2.34. The molecule has 130 valence electrons. The van der Waals surface area contributed by atoms with Crippen LogP contribution in [-0.2, 0) is 0 Å². The van der Waals surface area contributed by atoms with E-state index >= 15 is 0 Å². The first-order valence-corrected chi connectivity index (χ1v) is 12.2. The van der Waals surface area contributed by atoms with Crippen molar-refractivity contribution < 1.29 is 15.3 Å². The van der Waals surface area contributed by atoms with E-state index in [1.54, 1.807) is 5.38 Å². The molecule has 1 aliphatic heterocycles. The zero-order valence-corrected chi connectivity index (χ0v) is 16.4. The molecule has 4 rings (SSSR count). The van der Waals surface area contributed by atoms with Gasteiger partial charge in [0.2, 0.25) is 0 Å². The van der Waals surface area contributed by atoms with E-state index in [1.807, 2.05) is 41.8 Å². The van der Waals surface area contributed by atoms with E-state index in [4.69, 9.17) is 11.1 Å². The van der Waals surface area contributed by atoms with Crippen molar-refractivity contribution in [1.82, 2.24) is 0 Å². The second-order valence-corrected chi connectivity index (χ2v) is 12.2. The molecular weight excluding hydrogens is 360 g/mol. The Morgan fingerprint density at radius 2 is 1.96 bits per heavy atom. The first-order valence-electron chi connectivity index (χ1n) is 8.28. The highest BCUT2D eigenvalue weighted by Crippen LogP contribution is 2.42. The van der Waals surface area contributed by atoms with Crippen molar-refractivity contribution in [1.29, 1.82) is 0 Å². The van der Waals surface area contributed by atoms with E-state index in [0.717, 1.165) is 33.7 Å². The zero-order valence-electron chi connectivity index (χ0n) is 14.5. The van der Waals surface area contributed by atoms with Crippen LogP contribution in [0.1, 0.15) is 21.5 Å². The Morgan fingerprint density at radius 3 is 2.69 bits per heavy atom. The summed E-state index contributed by atoms with van der Waals surface area (Å²) >= 11 is 1.40. The molecule has 0 saturated carbocycles. The van der Waals surface area contributed by atoms with E-state index in [0.29, 0.717) is 5.56 Å². The van der Waals surface area contributed by atoms with Crippen molar-refractivity contribution in [3.63, 3.8) is 0 Å². The van der Waals surface area contributed by atoms with Gasteiger partial charge < -0.3 is 10.8 Å². The number of hydrogen-bond acceptors (Lipinski definition) is 3. The summed E-state index contributed by atoms with van der Waals surface area (Å²) in [7, 11) is -2.02. The summed E-state index contributed by atoms with van der Waals surface area (Å²) < 4.78 is 0. The first-order chi connectivity index (χ1) is 12.3. The lowest BCUT2D eigenvalue weighted by Crippen LogP contribution is -2.50. The van der Waals surface area contributed by atoms with Gasteiger partial charge in [-0.2, -0.15) is 11.3 Å². The summed E-state index contributed by atoms with van der Waals surface area (Å²) in [6.07, 6.45) is 5.95. The van der Waals surface area contributed by atoms with E-state index in [2.05, 4.69) is 13.1 Å². The lowest BCUT2D eigenvalue weighted by Gasteiger charge is -2.37. The minimum Gasteiger partial charge on any atom is -0.478 e. The van der Waals surface area contributed by atoms with Crippen LogP contribution in [0.25, 0.3) is 5.57 Å². The summed E-state index contributed by atoms with van der Waals surface area (Å²) in [5.41, 5.74) is 11.7. The number of allylic oxidation sites excluding steroid dienone is 5. The molecule has 2 heterocycles. The maximum atomic E-state index is 11.7. The molecule has 1 aromatic carbocycles. The van der Waals surface area contributed by atoms with Crippen molar-refractivity contribution >= 4 is 47.5 Å². The van der Waals surface area contributed by atoms with Crippen molar-refractivity contribution in [2.75, 3.05) is 5.73 Å². The molecule has 0 radical (unpaired) electrons. The van der Waals surface area contributed by atoms with Crippen molar-refractivity contribution in [2.45, 2.75) is 13.1 Å². The van der Waals surface area contributed by atoms with Gasteiger partial charge in [0.25, 0.3) is 0 Å². The molecule has 26 heavy (non-hydrogen) atoms. The molecule has 0 saturated heterocycles. The molecule has 0 amide bonds. The number of hydrogen-bond donors (Lipinski definition) is 3. The standard InChI is InChI=1S/C20H18N2O2SSi/c1-26(2)17-7-11(21)3-5-13(17)19(14-6-4-12(22)8-18(14)26)15-9-25-10-16(15)20(23)24/h3-10,21H,22H2,1-2H3,(H,23,24)/p+1. The fourth-order valence-corrected chi connectivity index (χ4v) is 7.75. The van der Waals surface area contributed by atoms with Gasteiger partial charge in [0.15, 0.2) is 5.71 Å². The molecule has 0 spiro atoms. The SMILES string of the molecule is C[Si]1(C)C2=CC(=[NH2+])C=CC2=C(c2cscc2C(=O)O)c2ccc(N)cc21. The number of nitrogens with two attached hydrogens (primary N) is 2. The third-order valence-electron chi connectivity index (χ3n) is 5.13. The van der Waals surface area contributed by atoms with Crippen LogP contribution in [0.5, 0.6) is 0 Å². The van der Waals surface area contributed by atoms with Gasteiger partial charge in [-0.05, 0) is 50.7 Å². The highest BCUT2D eigenvalue weighted by molar-refractivity contribution is 7.08. The number of carboxylic acids is 1. The van der Waals surface area contributed by atoms with E-state index in [9.17, 15) is 9.90 Å². The summed E-state index contributed by atoms with van der Waals surface area (Å²) in [4.78, 5) is 11.7. The summed E-state index contributed by atoms with van der Waals surface area (Å²) in [6, 6.07) is 5.95. The molecule has 2 aliphatic rings. The summed E-state index contributed by atoms with van der Waals surface area (Å²) in [6.45, 7) is 4.57. The number of nitrogen functional groups attached to an aromatic ring is 1. The molecule has 1 aromatic heterocycles. The van der Waals surface area contributed by atoms with Crippen molar-refractivity contribution in [3.8, 4) is 0 Å². The highest BCUT2D eigenvalue weighted by Gasteiger charge is 2.40. The third-order valence-corrected chi connectivity index (χ3v) is 9.40. The molecule has 6 heteroatoms. The Hall–Kier alpha value is -2.70. The minimum absolute atomic E-state index is 0.330. The zero-order chi connectivity index (χ0) is 18.6.